The summed E-state index contributed by atoms with van der Waals surface area (Å²) in [5.41, 5.74) is 7.07. The summed E-state index contributed by atoms with van der Waals surface area (Å²) in [4.78, 5) is 18.9. The van der Waals surface area contributed by atoms with Crippen molar-refractivity contribution in [3.8, 4) is 11.3 Å². The summed E-state index contributed by atoms with van der Waals surface area (Å²) in [5, 5.41) is 0. The second-order valence-corrected chi connectivity index (χ2v) is 6.85. The van der Waals surface area contributed by atoms with E-state index in [9.17, 15) is 4.79 Å². The Bertz CT molecular complexity index is 692. The van der Waals surface area contributed by atoms with Crippen LogP contribution in [0.2, 0.25) is 0 Å². The van der Waals surface area contributed by atoms with Crippen molar-refractivity contribution in [1.82, 2.24) is 9.88 Å². The van der Waals surface area contributed by atoms with E-state index in [1.165, 1.54) is 0 Å². The normalized spacial score (nSPS) is 17.6. The first-order valence-corrected chi connectivity index (χ1v) is 9.20. The van der Waals surface area contributed by atoms with Crippen molar-refractivity contribution in [2.24, 2.45) is 5.73 Å². The number of aryl methyl sites for hydroxylation is 1. The maximum absolute atomic E-state index is 12.5. The molecule has 1 aromatic carbocycles. The van der Waals surface area contributed by atoms with Gasteiger partial charge in [0.1, 0.15) is 0 Å². The fourth-order valence-electron chi connectivity index (χ4n) is 3.51. The number of rotatable bonds is 6. The van der Waals surface area contributed by atoms with Crippen molar-refractivity contribution in [2.75, 3.05) is 6.54 Å². The maximum Gasteiger partial charge on any atom is 0.222 e. The molecule has 1 amide bonds. The van der Waals surface area contributed by atoms with Crippen LogP contribution in [0.3, 0.4) is 0 Å². The van der Waals surface area contributed by atoms with Gasteiger partial charge in [-0.05, 0) is 32.6 Å². The second-order valence-electron chi connectivity index (χ2n) is 6.85. The van der Waals surface area contributed by atoms with Gasteiger partial charge in [-0.1, -0.05) is 30.3 Å². The summed E-state index contributed by atoms with van der Waals surface area (Å²) in [6, 6.07) is 10.1. The molecule has 2 atom stereocenters. The number of aromatic nitrogens is 1. The monoisotopic (exact) mass is 413 g/mol. The van der Waals surface area contributed by atoms with Crippen molar-refractivity contribution in [3.05, 3.63) is 42.4 Å². The summed E-state index contributed by atoms with van der Waals surface area (Å²) in [6.45, 7) is 2.83. The summed E-state index contributed by atoms with van der Waals surface area (Å²) in [6.07, 6.45) is 6.95. The lowest BCUT2D eigenvalue weighted by Gasteiger charge is -2.38. The predicted molar refractivity (Wildman–Crippen MR) is 112 cm³/mol. The van der Waals surface area contributed by atoms with Crippen LogP contribution in [0, 0.1) is 0 Å². The van der Waals surface area contributed by atoms with E-state index >= 15 is 0 Å². The Morgan fingerprint density at radius 3 is 2.74 bits per heavy atom. The van der Waals surface area contributed by atoms with Gasteiger partial charge >= 0.3 is 0 Å². The average Bonchev–Trinajstić information content (AvgIpc) is 3.11. The number of halogens is 2. The number of likely N-dealkylation sites (tertiary alicyclic amines) is 1. The van der Waals surface area contributed by atoms with Gasteiger partial charge in [0.25, 0.3) is 0 Å². The molecule has 2 heterocycles. The molecule has 0 radical (unpaired) electrons. The molecule has 2 N–H and O–H groups in total. The van der Waals surface area contributed by atoms with Crippen molar-refractivity contribution in [2.45, 2.75) is 57.5 Å². The van der Waals surface area contributed by atoms with Crippen LogP contribution in [-0.4, -0.2) is 34.4 Å². The first kappa shape index (κ1) is 23.5. The summed E-state index contributed by atoms with van der Waals surface area (Å²) < 4.78 is 5.80. The molecule has 3 rings (SSSR count). The third-order valence-electron chi connectivity index (χ3n) is 4.87. The Balaban J connectivity index is 0.00000182. The Morgan fingerprint density at radius 1 is 1.30 bits per heavy atom. The molecular weight excluding hydrogens is 385 g/mol. The highest BCUT2D eigenvalue weighted by atomic mass is 35.5. The molecule has 1 fully saturated rings. The van der Waals surface area contributed by atoms with E-state index in [-0.39, 0.29) is 42.8 Å². The zero-order valence-corrected chi connectivity index (χ0v) is 17.3. The second kappa shape index (κ2) is 11.3. The molecule has 0 aliphatic carbocycles. The standard InChI is InChI=1S/C20H27N3O2.2ClH/c1-15(21)17-10-5-6-13-23(17)20(24)12-7-11-19-22-14-18(25-19)16-8-3-2-4-9-16;;/h2-4,8-9,14-15,17H,5-7,10-13,21H2,1H3;2*1H. The molecule has 2 aromatic rings. The van der Waals surface area contributed by atoms with Crippen molar-refractivity contribution >= 4 is 30.7 Å². The zero-order valence-electron chi connectivity index (χ0n) is 15.7. The number of oxazole rings is 1. The molecule has 1 aromatic heterocycles. The van der Waals surface area contributed by atoms with E-state index < -0.39 is 0 Å². The number of benzene rings is 1. The molecule has 5 nitrogen and oxygen atoms in total. The number of carbonyl (C=O) groups is 1. The van der Waals surface area contributed by atoms with Crippen molar-refractivity contribution in [3.63, 3.8) is 0 Å². The summed E-state index contributed by atoms with van der Waals surface area (Å²) in [7, 11) is 0. The van der Waals surface area contributed by atoms with Gasteiger partial charge in [0.2, 0.25) is 5.91 Å². The number of nitrogens with two attached hydrogens (primary N) is 1. The van der Waals surface area contributed by atoms with Gasteiger partial charge in [-0.3, -0.25) is 4.79 Å². The molecule has 27 heavy (non-hydrogen) atoms. The molecular formula is C20H29Cl2N3O2. The van der Waals surface area contributed by atoms with Crippen LogP contribution in [0.5, 0.6) is 0 Å². The fraction of sp³-hybridized carbons (Fsp3) is 0.500. The quantitative estimate of drug-likeness (QED) is 0.768. The predicted octanol–water partition coefficient (Wildman–Crippen LogP) is 4.24. The van der Waals surface area contributed by atoms with E-state index in [4.69, 9.17) is 10.2 Å². The number of amides is 1. The Labute approximate surface area is 173 Å². The summed E-state index contributed by atoms with van der Waals surface area (Å²) in [5.74, 6) is 1.67. The lowest BCUT2D eigenvalue weighted by molar-refractivity contribution is -0.135. The maximum atomic E-state index is 12.5. The van der Waals surface area contributed by atoms with E-state index in [1.807, 2.05) is 42.2 Å². The van der Waals surface area contributed by atoms with Crippen LogP contribution in [0.1, 0.15) is 44.9 Å². The van der Waals surface area contributed by atoms with Crippen molar-refractivity contribution < 1.29 is 9.21 Å². The largest absolute Gasteiger partial charge is 0.441 e. The van der Waals surface area contributed by atoms with Gasteiger partial charge in [-0.25, -0.2) is 4.98 Å². The third kappa shape index (κ3) is 6.23. The van der Waals surface area contributed by atoms with E-state index in [0.29, 0.717) is 18.7 Å². The Morgan fingerprint density at radius 2 is 2.04 bits per heavy atom. The van der Waals surface area contributed by atoms with E-state index in [1.54, 1.807) is 6.20 Å². The van der Waals surface area contributed by atoms with Crippen LogP contribution < -0.4 is 5.73 Å². The molecule has 0 spiro atoms. The average molecular weight is 414 g/mol. The first-order chi connectivity index (χ1) is 12.1. The SMILES string of the molecule is CC(N)C1CCCCN1C(=O)CCCc1ncc(-c2ccccc2)o1.Cl.Cl. The number of hydrogen-bond acceptors (Lipinski definition) is 4. The molecule has 150 valence electrons. The number of hydrogen-bond donors (Lipinski definition) is 1. The van der Waals surface area contributed by atoms with Gasteiger partial charge in [0.05, 0.1) is 6.20 Å². The van der Waals surface area contributed by atoms with Crippen LogP contribution >= 0.6 is 24.8 Å². The third-order valence-corrected chi connectivity index (χ3v) is 4.87. The Kier molecular flexibility index (Phi) is 9.84. The highest BCUT2D eigenvalue weighted by molar-refractivity contribution is 5.85. The topological polar surface area (TPSA) is 72.4 Å². The fourth-order valence-corrected chi connectivity index (χ4v) is 3.51. The van der Waals surface area contributed by atoms with Gasteiger partial charge in [0.15, 0.2) is 11.7 Å². The van der Waals surface area contributed by atoms with Gasteiger partial charge < -0.3 is 15.1 Å². The molecule has 2 unspecified atom stereocenters. The van der Waals surface area contributed by atoms with Crippen LogP contribution in [0.25, 0.3) is 11.3 Å². The van der Waals surface area contributed by atoms with Crippen LogP contribution in [0.15, 0.2) is 40.9 Å². The molecule has 1 saturated heterocycles. The minimum Gasteiger partial charge on any atom is -0.441 e. The molecule has 1 aliphatic rings. The van der Waals surface area contributed by atoms with Crippen LogP contribution in [-0.2, 0) is 11.2 Å². The van der Waals surface area contributed by atoms with Gasteiger partial charge in [-0.15, -0.1) is 24.8 Å². The molecule has 0 bridgehead atoms. The lowest BCUT2D eigenvalue weighted by atomic mass is 9.96. The lowest BCUT2D eigenvalue weighted by Crippen LogP contribution is -2.51. The van der Waals surface area contributed by atoms with Gasteiger partial charge in [-0.2, -0.15) is 0 Å². The molecule has 1 aliphatic heterocycles. The van der Waals surface area contributed by atoms with E-state index in [0.717, 1.165) is 43.6 Å². The molecule has 7 heteroatoms. The van der Waals surface area contributed by atoms with Crippen molar-refractivity contribution in [1.29, 1.82) is 0 Å². The molecule has 0 saturated carbocycles. The van der Waals surface area contributed by atoms with E-state index in [2.05, 4.69) is 4.98 Å². The minimum atomic E-state index is 0. The van der Waals surface area contributed by atoms with Crippen LogP contribution in [0.4, 0.5) is 0 Å². The first-order valence-electron chi connectivity index (χ1n) is 9.20. The summed E-state index contributed by atoms with van der Waals surface area (Å²) >= 11 is 0. The minimum absolute atomic E-state index is 0. The Hall–Kier alpha value is -1.56. The smallest absolute Gasteiger partial charge is 0.222 e. The zero-order chi connectivity index (χ0) is 17.6. The van der Waals surface area contributed by atoms with Gasteiger partial charge in [0, 0.05) is 37.0 Å². The number of carbonyl (C=O) groups excluding carboxylic acids is 1. The highest BCUT2D eigenvalue weighted by Crippen LogP contribution is 2.22. The number of nitrogens with zero attached hydrogens (tertiary/aromatic N) is 2. The number of piperidine rings is 1. The highest BCUT2D eigenvalue weighted by Gasteiger charge is 2.28.